The van der Waals surface area contributed by atoms with Crippen LogP contribution in [0.3, 0.4) is 0 Å². The number of sulfonamides is 1. The van der Waals surface area contributed by atoms with Crippen LogP contribution < -0.4 is 15.4 Å². The Morgan fingerprint density at radius 3 is 2.52 bits per heavy atom. The van der Waals surface area contributed by atoms with E-state index in [-0.39, 0.29) is 19.0 Å². The summed E-state index contributed by atoms with van der Waals surface area (Å²) in [7, 11) is -4.55. The quantitative estimate of drug-likeness (QED) is 0.170. The van der Waals surface area contributed by atoms with Gasteiger partial charge >= 0.3 is 6.18 Å². The molecular weight excluding hydrogens is 570 g/mol. The second-order valence-electron chi connectivity index (χ2n) is 10.1. The fraction of sp³-hybridized carbons (Fsp3) is 0.387. The smallest absolute Gasteiger partial charge is 0.349 e. The molecule has 0 bridgehead atoms. The topological polar surface area (TPSA) is 87.3 Å². The van der Waals surface area contributed by atoms with Crippen molar-refractivity contribution in [2.45, 2.75) is 76.2 Å². The largest absolute Gasteiger partial charge is 0.416 e. The summed E-state index contributed by atoms with van der Waals surface area (Å²) in [5.41, 5.74) is 2.03. The highest BCUT2D eigenvalue weighted by atomic mass is 32.2. The van der Waals surface area contributed by atoms with Crippen LogP contribution in [-0.2, 0) is 34.0 Å². The number of benzene rings is 3. The van der Waals surface area contributed by atoms with Crippen molar-refractivity contribution in [3.63, 3.8) is 0 Å². The van der Waals surface area contributed by atoms with Crippen LogP contribution in [0.4, 0.5) is 17.6 Å². The molecule has 0 radical (unpaired) electrons. The van der Waals surface area contributed by atoms with Gasteiger partial charge in [0.15, 0.2) is 0 Å². The van der Waals surface area contributed by atoms with E-state index in [1.807, 2.05) is 12.1 Å². The number of alkyl halides is 3. The lowest BCUT2D eigenvalue weighted by molar-refractivity contribution is -0.137. The third kappa shape index (κ3) is 8.39. The van der Waals surface area contributed by atoms with Gasteiger partial charge in [-0.2, -0.15) is 13.2 Å². The van der Waals surface area contributed by atoms with E-state index in [2.05, 4.69) is 28.3 Å². The number of rotatable bonds is 11. The number of carbonyl (C=O) groups is 1. The average Bonchev–Trinajstić information content (AvgIpc) is 2.93. The summed E-state index contributed by atoms with van der Waals surface area (Å²) < 4.78 is 82.9. The summed E-state index contributed by atoms with van der Waals surface area (Å²) in [4.78, 5) is 12.6. The van der Waals surface area contributed by atoms with Crippen molar-refractivity contribution >= 4 is 15.9 Å². The van der Waals surface area contributed by atoms with Crippen molar-refractivity contribution in [2.75, 3.05) is 6.54 Å². The van der Waals surface area contributed by atoms with Gasteiger partial charge in [0.25, 0.3) is 0 Å². The van der Waals surface area contributed by atoms with E-state index in [0.29, 0.717) is 12.5 Å². The normalized spacial score (nSPS) is 15.8. The van der Waals surface area contributed by atoms with Gasteiger partial charge < -0.3 is 10.6 Å². The SMILES string of the molecule is C.CCCNCc1ccc2c(c1)CCC[C@H]2NC(=O)CC(NS(=O)(=O)c1cccc(C(F)(F)F)c1)c1ccccc1F. The minimum atomic E-state index is -4.75. The molecule has 3 aromatic carbocycles. The predicted octanol–water partition coefficient (Wildman–Crippen LogP) is 6.58. The number of fused-ring (bicyclic) bond motifs is 1. The van der Waals surface area contributed by atoms with Crippen LogP contribution in [0.1, 0.15) is 79.9 Å². The molecule has 1 aliphatic rings. The van der Waals surface area contributed by atoms with Crippen molar-refractivity contribution in [1.82, 2.24) is 15.4 Å². The minimum Gasteiger partial charge on any atom is -0.349 e. The highest BCUT2D eigenvalue weighted by Gasteiger charge is 2.33. The molecule has 0 aliphatic heterocycles. The molecule has 228 valence electrons. The molecule has 0 saturated heterocycles. The first-order valence-corrected chi connectivity index (χ1v) is 15.0. The molecule has 3 aromatic rings. The molecule has 42 heavy (non-hydrogen) atoms. The van der Waals surface area contributed by atoms with E-state index < -0.39 is 50.8 Å². The maximum Gasteiger partial charge on any atom is 0.416 e. The molecule has 0 spiro atoms. The van der Waals surface area contributed by atoms with Gasteiger partial charge in [-0.3, -0.25) is 4.79 Å². The van der Waals surface area contributed by atoms with Gasteiger partial charge in [0.05, 0.1) is 22.5 Å². The van der Waals surface area contributed by atoms with Crippen molar-refractivity contribution in [1.29, 1.82) is 0 Å². The summed E-state index contributed by atoms with van der Waals surface area (Å²) in [5, 5.41) is 6.33. The van der Waals surface area contributed by atoms with Crippen molar-refractivity contribution in [2.24, 2.45) is 0 Å². The highest BCUT2D eigenvalue weighted by Crippen LogP contribution is 2.33. The average molecular weight is 608 g/mol. The third-order valence-corrected chi connectivity index (χ3v) is 8.52. The monoisotopic (exact) mass is 607 g/mol. The van der Waals surface area contributed by atoms with Gasteiger partial charge in [-0.05, 0) is 73.2 Å². The van der Waals surface area contributed by atoms with Crippen molar-refractivity contribution in [3.8, 4) is 0 Å². The standard InChI is InChI=1S/C30H33F4N3O3S.CH4/c1-2-15-35-19-20-13-14-24-21(16-20)7-5-12-27(24)36-29(38)18-28(25-10-3-4-11-26(25)31)37-41(39,40)23-9-6-8-22(17-23)30(32,33)34;/h3-4,6,8-11,13-14,16-17,27-28,35,37H,2,5,7,12,15,18-19H2,1H3,(H,36,38);1H4/t27-,28?;/m1./s1. The molecule has 11 heteroatoms. The molecule has 2 atom stereocenters. The lowest BCUT2D eigenvalue weighted by Crippen LogP contribution is -2.36. The molecule has 0 aromatic heterocycles. The summed E-state index contributed by atoms with van der Waals surface area (Å²) in [6.45, 7) is 3.76. The summed E-state index contributed by atoms with van der Waals surface area (Å²) in [6, 6.07) is 13.1. The minimum absolute atomic E-state index is 0. The van der Waals surface area contributed by atoms with E-state index in [4.69, 9.17) is 0 Å². The van der Waals surface area contributed by atoms with E-state index in [1.165, 1.54) is 18.2 Å². The number of aryl methyl sites for hydroxylation is 1. The zero-order valence-corrected chi connectivity index (χ0v) is 23.4. The first-order chi connectivity index (χ1) is 19.5. The summed E-state index contributed by atoms with van der Waals surface area (Å²) in [5.74, 6) is -1.26. The molecule has 0 fully saturated rings. The Labute approximate surface area is 245 Å². The van der Waals surface area contributed by atoms with Crippen LogP contribution in [0.15, 0.2) is 71.6 Å². The number of carbonyl (C=O) groups excluding carboxylic acids is 1. The van der Waals surface area contributed by atoms with E-state index in [0.717, 1.165) is 73.3 Å². The first-order valence-electron chi connectivity index (χ1n) is 13.5. The molecular formula is C31H37F4N3O3S. The van der Waals surface area contributed by atoms with Crippen LogP contribution in [0.25, 0.3) is 0 Å². The van der Waals surface area contributed by atoms with E-state index >= 15 is 0 Å². The van der Waals surface area contributed by atoms with Crippen LogP contribution in [0.5, 0.6) is 0 Å². The molecule has 4 rings (SSSR count). The second-order valence-corrected chi connectivity index (χ2v) is 11.9. The molecule has 1 unspecified atom stereocenters. The maximum atomic E-state index is 14.8. The second kappa shape index (κ2) is 14.3. The predicted molar refractivity (Wildman–Crippen MR) is 155 cm³/mol. The van der Waals surface area contributed by atoms with Crippen LogP contribution in [-0.4, -0.2) is 20.9 Å². The number of halogens is 4. The number of amides is 1. The first kappa shape index (κ1) is 33.2. The van der Waals surface area contributed by atoms with Gasteiger partial charge in [0.2, 0.25) is 15.9 Å². The van der Waals surface area contributed by atoms with E-state index in [1.54, 1.807) is 0 Å². The summed E-state index contributed by atoms with van der Waals surface area (Å²) in [6.07, 6.45) is -1.76. The Kier molecular flexibility index (Phi) is 11.3. The van der Waals surface area contributed by atoms with Gasteiger partial charge in [-0.15, -0.1) is 0 Å². The lowest BCUT2D eigenvalue weighted by Gasteiger charge is -2.28. The van der Waals surface area contributed by atoms with Crippen LogP contribution >= 0.6 is 0 Å². The zero-order chi connectivity index (χ0) is 29.6. The number of hydrogen-bond donors (Lipinski definition) is 3. The van der Waals surface area contributed by atoms with Gasteiger partial charge in [0, 0.05) is 18.5 Å². The Morgan fingerprint density at radius 2 is 1.81 bits per heavy atom. The molecule has 0 saturated carbocycles. The van der Waals surface area contributed by atoms with E-state index in [9.17, 15) is 30.8 Å². The van der Waals surface area contributed by atoms with Crippen molar-refractivity contribution < 1.29 is 30.8 Å². The number of hydrogen-bond acceptors (Lipinski definition) is 4. The van der Waals surface area contributed by atoms with Crippen molar-refractivity contribution in [3.05, 3.63) is 100 Å². The fourth-order valence-corrected chi connectivity index (χ4v) is 6.30. The summed E-state index contributed by atoms with van der Waals surface area (Å²) >= 11 is 0. The molecule has 6 nitrogen and oxygen atoms in total. The Balaban J connectivity index is 0.00000484. The van der Waals surface area contributed by atoms with Gasteiger partial charge in [-0.25, -0.2) is 17.5 Å². The Morgan fingerprint density at radius 1 is 1.05 bits per heavy atom. The third-order valence-electron chi connectivity index (χ3n) is 7.05. The zero-order valence-electron chi connectivity index (χ0n) is 22.6. The maximum absolute atomic E-state index is 14.8. The van der Waals surface area contributed by atoms with Crippen LogP contribution in [0.2, 0.25) is 0 Å². The van der Waals surface area contributed by atoms with Gasteiger partial charge in [-0.1, -0.05) is 56.8 Å². The van der Waals surface area contributed by atoms with Gasteiger partial charge in [0.1, 0.15) is 5.82 Å². The molecule has 1 aliphatic carbocycles. The Bertz CT molecular complexity index is 1480. The molecule has 1 amide bonds. The highest BCUT2D eigenvalue weighted by molar-refractivity contribution is 7.89. The number of nitrogens with one attached hydrogen (secondary N) is 3. The lowest BCUT2D eigenvalue weighted by atomic mass is 9.86. The fourth-order valence-electron chi connectivity index (χ4n) is 5.04. The Hall–Kier alpha value is -3.28. The van der Waals surface area contributed by atoms with Crippen LogP contribution in [0, 0.1) is 5.82 Å². The molecule has 0 heterocycles. The molecule has 3 N–H and O–H groups in total.